The number of nitrogens with one attached hydrogen (secondary N) is 2. The van der Waals surface area contributed by atoms with Gasteiger partial charge in [-0.15, -0.1) is 0 Å². The lowest BCUT2D eigenvalue weighted by molar-refractivity contribution is -0.146. The van der Waals surface area contributed by atoms with Gasteiger partial charge in [0.15, 0.2) is 0 Å². The van der Waals surface area contributed by atoms with Crippen LogP contribution in [0.1, 0.15) is 68.4 Å². The number of pyridine rings is 1. The van der Waals surface area contributed by atoms with Crippen molar-refractivity contribution in [3.8, 4) is 0 Å². The molecule has 4 amide bonds. The molecule has 3 aliphatic rings. The number of hydrogen-bond donors (Lipinski definition) is 2. The molecule has 282 valence electrons. The van der Waals surface area contributed by atoms with Gasteiger partial charge in [0, 0.05) is 56.1 Å². The van der Waals surface area contributed by atoms with E-state index in [0.717, 1.165) is 34.1 Å². The Morgan fingerprint density at radius 1 is 0.981 bits per heavy atom. The normalized spacial score (nSPS) is 19.2. The maximum atomic E-state index is 14.4. The summed E-state index contributed by atoms with van der Waals surface area (Å²) in [5.41, 5.74) is 2.62. The number of ether oxygens (including phenoxy) is 1. The smallest absolute Gasteiger partial charge is 0.410 e. The van der Waals surface area contributed by atoms with Crippen LogP contribution in [0.15, 0.2) is 60.8 Å². The Morgan fingerprint density at radius 3 is 2.30 bits per heavy atom. The van der Waals surface area contributed by atoms with Crippen LogP contribution >= 0.6 is 0 Å². The number of rotatable bonds is 9. The summed E-state index contributed by atoms with van der Waals surface area (Å²) in [5, 5.41) is 5.89. The summed E-state index contributed by atoms with van der Waals surface area (Å²) in [4.78, 5) is 61.6. The van der Waals surface area contributed by atoms with E-state index in [9.17, 15) is 27.6 Å². The minimum Gasteiger partial charge on any atom is -0.444 e. The van der Waals surface area contributed by atoms with E-state index in [0.29, 0.717) is 37.2 Å². The van der Waals surface area contributed by atoms with Crippen molar-refractivity contribution in [3.63, 3.8) is 0 Å². The number of hydrogen-bond acceptors (Lipinski definition) is 8. The maximum absolute atomic E-state index is 14.4. The molecule has 1 saturated heterocycles. The van der Waals surface area contributed by atoms with Crippen molar-refractivity contribution >= 4 is 45.3 Å². The Labute approximate surface area is 311 Å². The third-order valence-corrected chi connectivity index (χ3v) is 11.8. The molecule has 14 heteroatoms. The zero-order valence-corrected chi connectivity index (χ0v) is 32.0. The van der Waals surface area contributed by atoms with Crippen LogP contribution in [0, 0.1) is 5.41 Å². The van der Waals surface area contributed by atoms with Crippen molar-refractivity contribution in [2.24, 2.45) is 5.41 Å². The third kappa shape index (κ3) is 8.08. The van der Waals surface area contributed by atoms with E-state index in [1.807, 2.05) is 61.5 Å². The second-order valence-electron chi connectivity index (χ2n) is 15.8. The summed E-state index contributed by atoms with van der Waals surface area (Å²) in [7, 11) is -1.77. The second-order valence-corrected chi connectivity index (χ2v) is 17.8. The fourth-order valence-corrected chi connectivity index (χ4v) is 8.40. The number of amides is 4. The van der Waals surface area contributed by atoms with Gasteiger partial charge in [-0.1, -0.05) is 43.3 Å². The van der Waals surface area contributed by atoms with Crippen LogP contribution < -0.4 is 10.6 Å². The Hall–Kier alpha value is -4.82. The number of aromatic nitrogens is 1. The number of anilines is 2. The average Bonchev–Trinajstić information content (AvgIpc) is 3.60. The summed E-state index contributed by atoms with van der Waals surface area (Å²) in [6, 6.07) is 16.8. The van der Waals surface area contributed by atoms with Crippen molar-refractivity contribution in [3.05, 3.63) is 88.6 Å². The van der Waals surface area contributed by atoms with E-state index < -0.39 is 38.5 Å². The first-order valence-corrected chi connectivity index (χ1v) is 19.7. The third-order valence-electron chi connectivity index (χ3n) is 10.5. The van der Waals surface area contributed by atoms with Crippen LogP contribution in [0.4, 0.5) is 16.3 Å². The average molecular weight is 745 g/mol. The Bertz CT molecular complexity index is 2050. The van der Waals surface area contributed by atoms with Gasteiger partial charge in [0.25, 0.3) is 0 Å². The molecular weight excluding hydrogens is 697 g/mol. The van der Waals surface area contributed by atoms with Crippen molar-refractivity contribution in [2.75, 3.05) is 43.6 Å². The predicted octanol–water partition coefficient (Wildman–Crippen LogP) is 4.47. The highest BCUT2D eigenvalue weighted by atomic mass is 32.2. The molecule has 6 rings (SSSR count). The molecule has 53 heavy (non-hydrogen) atoms. The first-order chi connectivity index (χ1) is 24.9. The van der Waals surface area contributed by atoms with E-state index in [4.69, 9.17) is 4.74 Å². The summed E-state index contributed by atoms with van der Waals surface area (Å²) >= 11 is 0. The maximum Gasteiger partial charge on any atom is 0.410 e. The van der Waals surface area contributed by atoms with E-state index in [2.05, 4.69) is 15.6 Å². The molecule has 2 aromatic carbocycles. The van der Waals surface area contributed by atoms with Gasteiger partial charge in [-0.2, -0.15) is 0 Å². The number of sulfonamides is 1. The van der Waals surface area contributed by atoms with Gasteiger partial charge in [0.1, 0.15) is 18.0 Å². The largest absolute Gasteiger partial charge is 0.444 e. The number of nitrogens with zero attached hydrogens (tertiary/aromatic N) is 4. The molecule has 0 bridgehead atoms. The highest BCUT2D eigenvalue weighted by Crippen LogP contribution is 2.47. The number of carbonyl (C=O) groups excluding carboxylic acids is 4. The summed E-state index contributed by atoms with van der Waals surface area (Å²) in [6.07, 6.45) is 3.94. The molecule has 1 atom stereocenters. The van der Waals surface area contributed by atoms with Gasteiger partial charge in [-0.25, -0.2) is 22.5 Å². The predicted molar refractivity (Wildman–Crippen MR) is 200 cm³/mol. The molecule has 1 aliphatic carbocycles. The molecule has 3 heterocycles. The van der Waals surface area contributed by atoms with Gasteiger partial charge < -0.3 is 25.2 Å². The first-order valence-electron chi connectivity index (χ1n) is 17.8. The molecular formula is C39H48N6O7S. The monoisotopic (exact) mass is 744 g/mol. The fraction of sp³-hybridized carbons (Fsp3) is 0.462. The van der Waals surface area contributed by atoms with Gasteiger partial charge in [0.05, 0.1) is 11.7 Å². The quantitative estimate of drug-likeness (QED) is 0.325. The molecule has 0 unspecified atom stereocenters. The highest BCUT2D eigenvalue weighted by Gasteiger charge is 2.51. The van der Waals surface area contributed by atoms with Crippen molar-refractivity contribution in [1.82, 2.24) is 19.1 Å². The number of fused-ring (bicyclic) bond motifs is 3. The van der Waals surface area contributed by atoms with Crippen molar-refractivity contribution in [2.45, 2.75) is 77.5 Å². The summed E-state index contributed by atoms with van der Waals surface area (Å²) in [6.45, 7) is 7.67. The van der Waals surface area contributed by atoms with Gasteiger partial charge in [-0.05, 0) is 86.9 Å². The Kier molecular flexibility index (Phi) is 10.2. The summed E-state index contributed by atoms with van der Waals surface area (Å²) in [5.74, 6) is -0.167. The number of piperidine rings is 1. The van der Waals surface area contributed by atoms with Crippen LogP contribution in [0.3, 0.4) is 0 Å². The lowest BCUT2D eigenvalue weighted by Crippen LogP contribution is -2.51. The highest BCUT2D eigenvalue weighted by molar-refractivity contribution is 7.88. The molecule has 1 spiro atoms. The van der Waals surface area contributed by atoms with Gasteiger partial charge >= 0.3 is 6.09 Å². The topological polar surface area (TPSA) is 158 Å². The van der Waals surface area contributed by atoms with E-state index in [1.165, 1.54) is 14.1 Å². The number of benzene rings is 2. The zero-order chi connectivity index (χ0) is 38.3. The minimum atomic E-state index is -3.41. The Balaban J connectivity index is 1.22. The fourth-order valence-electron chi connectivity index (χ4n) is 7.56. The Morgan fingerprint density at radius 2 is 1.64 bits per heavy atom. The molecule has 1 fully saturated rings. The molecule has 1 aromatic heterocycles. The second kappa shape index (κ2) is 14.2. The van der Waals surface area contributed by atoms with Crippen LogP contribution in [0.2, 0.25) is 0 Å². The standard InChI is InChI=1S/C39H48N6O7S/c1-37(2,3)52-36(49)43(5)23-27-10-7-8-11-28(27)24-44(35(48)38(4)15-18-45(19-16-38)53(6,50)51)25-32(46)41-30-14-13-26-21-39(22-29(26)20-30)31-12-9-17-40-33(31)42-34(39)47/h7-14,17,20H,15-16,18-19,21-25H2,1-6H3,(H,41,46)(H,40,42,47)/t39-/m1/s1. The molecule has 0 saturated carbocycles. The summed E-state index contributed by atoms with van der Waals surface area (Å²) < 4.78 is 31.4. The van der Waals surface area contributed by atoms with Crippen LogP contribution in [0.25, 0.3) is 0 Å². The van der Waals surface area contributed by atoms with E-state index >= 15 is 0 Å². The van der Waals surface area contributed by atoms with Crippen molar-refractivity contribution < 1.29 is 32.3 Å². The molecule has 3 aromatic rings. The van der Waals surface area contributed by atoms with Gasteiger partial charge in [-0.3, -0.25) is 14.4 Å². The first kappa shape index (κ1) is 37.9. The molecule has 13 nitrogen and oxygen atoms in total. The van der Waals surface area contributed by atoms with Crippen molar-refractivity contribution in [1.29, 1.82) is 0 Å². The van der Waals surface area contributed by atoms with E-state index in [1.54, 1.807) is 34.0 Å². The molecule has 2 aliphatic heterocycles. The minimum absolute atomic E-state index is 0.0874. The van der Waals surface area contributed by atoms with Crippen LogP contribution in [-0.4, -0.2) is 89.9 Å². The SMILES string of the molecule is CN(Cc1ccccc1CN(CC(=O)Nc1ccc2c(c1)C[C@@]1(C2)C(=O)Nc2ncccc21)C(=O)C1(C)CCN(S(C)(=O)=O)CC1)C(=O)OC(C)(C)C. The lowest BCUT2D eigenvalue weighted by atomic mass is 9.79. The van der Waals surface area contributed by atoms with Crippen LogP contribution in [0.5, 0.6) is 0 Å². The van der Waals surface area contributed by atoms with Crippen LogP contribution in [-0.2, 0) is 60.5 Å². The van der Waals surface area contributed by atoms with E-state index in [-0.39, 0.29) is 44.5 Å². The molecule has 0 radical (unpaired) electrons. The van der Waals surface area contributed by atoms with Gasteiger partial charge in [0.2, 0.25) is 27.7 Å². The zero-order valence-electron chi connectivity index (χ0n) is 31.2. The lowest BCUT2D eigenvalue weighted by Gasteiger charge is -2.40. The number of carbonyl (C=O) groups is 4. The molecule has 2 N–H and O–H groups in total.